The number of hydrogen-bond donors (Lipinski definition) is 2. The number of carboxylic acid groups (broad SMARTS) is 1. The van der Waals surface area contributed by atoms with Gasteiger partial charge < -0.3 is 14.9 Å². The van der Waals surface area contributed by atoms with Crippen molar-refractivity contribution in [2.45, 2.75) is 45.3 Å². The van der Waals surface area contributed by atoms with Crippen molar-refractivity contribution in [1.82, 2.24) is 0 Å². The summed E-state index contributed by atoms with van der Waals surface area (Å²) < 4.78 is 4.93. The Bertz CT molecular complexity index is 257. The van der Waals surface area contributed by atoms with Gasteiger partial charge in [-0.25, -0.2) is 9.59 Å². The molecule has 0 bridgehead atoms. The second-order valence-corrected chi connectivity index (χ2v) is 3.53. The number of esters is 1. The maximum Gasteiger partial charge on any atom is 0.331 e. The quantitative estimate of drug-likeness (QED) is 0.505. The number of rotatable bonds is 7. The highest BCUT2D eigenvalue weighted by Gasteiger charge is 2.17. The van der Waals surface area contributed by atoms with Crippen molar-refractivity contribution in [3.8, 4) is 0 Å². The van der Waals surface area contributed by atoms with E-state index in [4.69, 9.17) is 9.84 Å². The lowest BCUT2D eigenvalue weighted by molar-refractivity contribution is -0.149. The Morgan fingerprint density at radius 1 is 1.38 bits per heavy atom. The summed E-state index contributed by atoms with van der Waals surface area (Å²) in [4.78, 5) is 21.3. The molecule has 2 unspecified atom stereocenters. The number of ether oxygens (including phenoxy) is 1. The van der Waals surface area contributed by atoms with Crippen LogP contribution in [-0.4, -0.2) is 34.4 Å². The lowest BCUT2D eigenvalue weighted by atomic mass is 10.1. The second-order valence-electron chi connectivity index (χ2n) is 3.53. The standard InChI is InChI=1S/C11H18O5/c1-3-4-5-9(8(2)12)16-11(15)7-6-10(13)14/h6-9,12H,3-5H2,1-2H3,(H,13,14). The summed E-state index contributed by atoms with van der Waals surface area (Å²) in [5, 5.41) is 17.7. The summed E-state index contributed by atoms with van der Waals surface area (Å²) in [5.41, 5.74) is 0. The van der Waals surface area contributed by atoms with Crippen molar-refractivity contribution in [3.05, 3.63) is 12.2 Å². The van der Waals surface area contributed by atoms with Gasteiger partial charge in [-0.2, -0.15) is 0 Å². The molecule has 2 atom stereocenters. The third-order valence-electron chi connectivity index (χ3n) is 2.01. The van der Waals surface area contributed by atoms with Gasteiger partial charge in [0.25, 0.3) is 0 Å². The first kappa shape index (κ1) is 14.6. The maximum atomic E-state index is 11.1. The highest BCUT2D eigenvalue weighted by atomic mass is 16.6. The SMILES string of the molecule is CCCCC(OC(=O)C=CC(=O)O)C(C)O. The van der Waals surface area contributed by atoms with Gasteiger partial charge in [-0.15, -0.1) is 0 Å². The summed E-state index contributed by atoms with van der Waals surface area (Å²) in [6, 6.07) is 0. The molecule has 0 radical (unpaired) electrons. The molecule has 2 N–H and O–H groups in total. The van der Waals surface area contributed by atoms with Crippen LogP contribution in [0.3, 0.4) is 0 Å². The summed E-state index contributed by atoms with van der Waals surface area (Å²) >= 11 is 0. The Kier molecular flexibility index (Phi) is 7.20. The highest BCUT2D eigenvalue weighted by Crippen LogP contribution is 2.09. The Labute approximate surface area is 94.7 Å². The number of carbonyl (C=O) groups excluding carboxylic acids is 1. The normalized spacial score (nSPS) is 14.7. The molecule has 0 aliphatic carbocycles. The molecule has 92 valence electrons. The van der Waals surface area contributed by atoms with Crippen LogP contribution in [0.1, 0.15) is 33.1 Å². The molecule has 0 saturated carbocycles. The molecule has 0 aliphatic heterocycles. The van der Waals surface area contributed by atoms with Crippen LogP contribution in [0.4, 0.5) is 0 Å². The number of aliphatic hydroxyl groups excluding tert-OH is 1. The van der Waals surface area contributed by atoms with E-state index in [0.717, 1.165) is 18.9 Å². The average molecular weight is 230 g/mol. The highest BCUT2D eigenvalue weighted by molar-refractivity contribution is 5.90. The Balaban J connectivity index is 4.17. The average Bonchev–Trinajstić information content (AvgIpc) is 2.20. The Morgan fingerprint density at radius 3 is 2.44 bits per heavy atom. The summed E-state index contributed by atoms with van der Waals surface area (Å²) in [7, 11) is 0. The fourth-order valence-corrected chi connectivity index (χ4v) is 1.13. The van der Waals surface area contributed by atoms with E-state index in [-0.39, 0.29) is 0 Å². The number of hydrogen-bond acceptors (Lipinski definition) is 4. The second kappa shape index (κ2) is 7.87. The van der Waals surface area contributed by atoms with E-state index in [9.17, 15) is 14.7 Å². The number of carboxylic acids is 1. The van der Waals surface area contributed by atoms with Crippen molar-refractivity contribution < 1.29 is 24.5 Å². The van der Waals surface area contributed by atoms with E-state index in [1.165, 1.54) is 6.92 Å². The molecule has 0 aromatic rings. The molecule has 0 rings (SSSR count). The van der Waals surface area contributed by atoms with Crippen LogP contribution in [0.25, 0.3) is 0 Å². The van der Waals surface area contributed by atoms with Gasteiger partial charge in [0.2, 0.25) is 0 Å². The molecule has 0 saturated heterocycles. The van der Waals surface area contributed by atoms with Crippen LogP contribution in [0.5, 0.6) is 0 Å². The van der Waals surface area contributed by atoms with Crippen LogP contribution in [0.2, 0.25) is 0 Å². The lowest BCUT2D eigenvalue weighted by Gasteiger charge is -2.19. The van der Waals surface area contributed by atoms with E-state index in [1.807, 2.05) is 6.92 Å². The van der Waals surface area contributed by atoms with Crippen LogP contribution >= 0.6 is 0 Å². The zero-order chi connectivity index (χ0) is 12.6. The molecule has 5 heteroatoms. The molecule has 0 aliphatic rings. The minimum atomic E-state index is -1.21. The van der Waals surface area contributed by atoms with Crippen molar-refractivity contribution >= 4 is 11.9 Å². The smallest absolute Gasteiger partial charge is 0.331 e. The summed E-state index contributed by atoms with van der Waals surface area (Å²) in [6.07, 6.45) is 2.56. The summed E-state index contributed by atoms with van der Waals surface area (Å²) in [6.45, 7) is 3.53. The largest absolute Gasteiger partial charge is 0.478 e. The molecule has 5 nitrogen and oxygen atoms in total. The van der Waals surface area contributed by atoms with E-state index < -0.39 is 24.1 Å². The minimum absolute atomic E-state index is 0.570. The molecule has 0 fully saturated rings. The molecule has 0 spiro atoms. The van der Waals surface area contributed by atoms with Gasteiger partial charge in [0.05, 0.1) is 6.10 Å². The Hall–Kier alpha value is -1.36. The van der Waals surface area contributed by atoms with Gasteiger partial charge in [0.1, 0.15) is 6.10 Å². The number of aliphatic carboxylic acids is 1. The lowest BCUT2D eigenvalue weighted by Crippen LogP contribution is -2.28. The van der Waals surface area contributed by atoms with Crippen LogP contribution in [-0.2, 0) is 14.3 Å². The molecule has 16 heavy (non-hydrogen) atoms. The van der Waals surface area contributed by atoms with Gasteiger partial charge in [-0.3, -0.25) is 0 Å². The first-order chi connectivity index (χ1) is 7.47. The molecular weight excluding hydrogens is 212 g/mol. The number of unbranched alkanes of at least 4 members (excludes halogenated alkanes) is 1. The van der Waals surface area contributed by atoms with Crippen molar-refractivity contribution in [1.29, 1.82) is 0 Å². The maximum absolute atomic E-state index is 11.1. The summed E-state index contributed by atoms with van der Waals surface area (Å²) in [5.74, 6) is -1.96. The van der Waals surface area contributed by atoms with Crippen LogP contribution < -0.4 is 0 Å². The van der Waals surface area contributed by atoms with Crippen molar-refractivity contribution in [2.75, 3.05) is 0 Å². The van der Waals surface area contributed by atoms with Gasteiger partial charge in [0.15, 0.2) is 0 Å². The minimum Gasteiger partial charge on any atom is -0.478 e. The fraction of sp³-hybridized carbons (Fsp3) is 0.636. The Morgan fingerprint density at radius 2 is 2.00 bits per heavy atom. The third-order valence-corrected chi connectivity index (χ3v) is 2.01. The van der Waals surface area contributed by atoms with Gasteiger partial charge >= 0.3 is 11.9 Å². The third kappa shape index (κ3) is 7.00. The van der Waals surface area contributed by atoms with Gasteiger partial charge in [-0.05, 0) is 19.8 Å². The monoisotopic (exact) mass is 230 g/mol. The molecular formula is C11H18O5. The zero-order valence-electron chi connectivity index (χ0n) is 9.55. The number of aliphatic hydroxyl groups is 1. The van der Waals surface area contributed by atoms with Crippen molar-refractivity contribution in [3.63, 3.8) is 0 Å². The molecule has 0 aromatic heterocycles. The predicted molar refractivity (Wildman–Crippen MR) is 57.9 cm³/mol. The van der Waals surface area contributed by atoms with E-state index >= 15 is 0 Å². The predicted octanol–water partition coefficient (Wildman–Crippen LogP) is 1.11. The first-order valence-corrected chi connectivity index (χ1v) is 5.27. The zero-order valence-corrected chi connectivity index (χ0v) is 9.55. The van der Waals surface area contributed by atoms with Gasteiger partial charge in [-0.1, -0.05) is 13.3 Å². The molecule has 0 amide bonds. The molecule has 0 heterocycles. The van der Waals surface area contributed by atoms with E-state index in [2.05, 4.69) is 0 Å². The fourth-order valence-electron chi connectivity index (χ4n) is 1.13. The van der Waals surface area contributed by atoms with E-state index in [0.29, 0.717) is 12.5 Å². The van der Waals surface area contributed by atoms with Gasteiger partial charge in [0, 0.05) is 12.2 Å². The molecule has 0 aromatic carbocycles. The van der Waals surface area contributed by atoms with Crippen molar-refractivity contribution in [2.24, 2.45) is 0 Å². The first-order valence-electron chi connectivity index (χ1n) is 5.27. The van der Waals surface area contributed by atoms with Crippen LogP contribution in [0, 0.1) is 0 Å². The topological polar surface area (TPSA) is 83.8 Å². The number of carbonyl (C=O) groups is 2. The van der Waals surface area contributed by atoms with E-state index in [1.54, 1.807) is 0 Å². The van der Waals surface area contributed by atoms with Crippen LogP contribution in [0.15, 0.2) is 12.2 Å².